The van der Waals surface area contributed by atoms with Crippen molar-refractivity contribution in [1.29, 1.82) is 0 Å². The van der Waals surface area contributed by atoms with Gasteiger partial charge in [-0.15, -0.1) is 0 Å². The number of cyclic esters (lactones) is 1. The fourth-order valence-corrected chi connectivity index (χ4v) is 3.59. The number of rotatable bonds is 8. The molecule has 1 aliphatic heterocycles. The lowest BCUT2D eigenvalue weighted by Gasteiger charge is -2.13. The van der Waals surface area contributed by atoms with Crippen LogP contribution >= 0.6 is 11.6 Å². The molecule has 0 radical (unpaired) electrons. The van der Waals surface area contributed by atoms with E-state index in [4.69, 9.17) is 25.8 Å². The number of halogens is 1. The monoisotopic (exact) mass is 492 g/mol. The highest BCUT2D eigenvalue weighted by molar-refractivity contribution is 6.32. The van der Waals surface area contributed by atoms with Crippen LogP contribution in [-0.4, -0.2) is 23.4 Å². The van der Waals surface area contributed by atoms with Crippen LogP contribution in [0.15, 0.2) is 71.4 Å². The van der Waals surface area contributed by atoms with Gasteiger partial charge in [0.15, 0.2) is 17.2 Å². The molecule has 9 heteroatoms. The van der Waals surface area contributed by atoms with E-state index in [1.54, 1.807) is 24.3 Å². The highest BCUT2D eigenvalue weighted by Gasteiger charge is 2.26. The molecule has 8 nitrogen and oxygen atoms in total. The van der Waals surface area contributed by atoms with Gasteiger partial charge >= 0.3 is 5.97 Å². The van der Waals surface area contributed by atoms with Gasteiger partial charge in [-0.3, -0.25) is 10.1 Å². The van der Waals surface area contributed by atoms with Crippen LogP contribution < -0.4 is 9.47 Å². The standard InChI is InChI=1S/C26H21ClN2O6/c1-3-33-24-13-17(8-11-23(24)34-15-19-7-5-4-6-16(19)2)12-21-26(30)35-25(28-21)18-9-10-20(27)22(14-18)29(31)32/h4-14H,3,15H2,1-2H3/b21-12-. The molecule has 0 saturated heterocycles. The Bertz CT molecular complexity index is 1370. The molecular weight excluding hydrogens is 472 g/mol. The van der Waals surface area contributed by atoms with Gasteiger partial charge in [0.1, 0.15) is 11.6 Å². The minimum Gasteiger partial charge on any atom is -0.490 e. The molecule has 0 fully saturated rings. The number of ether oxygens (including phenoxy) is 3. The van der Waals surface area contributed by atoms with Gasteiger partial charge in [0.05, 0.1) is 11.5 Å². The zero-order chi connectivity index (χ0) is 24.9. The summed E-state index contributed by atoms with van der Waals surface area (Å²) in [6, 6.07) is 17.3. The van der Waals surface area contributed by atoms with Crippen LogP contribution in [0.3, 0.4) is 0 Å². The SMILES string of the molecule is CCOc1cc(/C=C2\N=C(c3ccc(Cl)c([N+](=O)[O-])c3)OC2=O)ccc1OCc1ccccc1C. The van der Waals surface area contributed by atoms with Crippen LogP contribution in [0.2, 0.25) is 5.02 Å². The predicted octanol–water partition coefficient (Wildman–Crippen LogP) is 5.88. The van der Waals surface area contributed by atoms with Gasteiger partial charge in [-0.25, -0.2) is 9.79 Å². The molecule has 4 rings (SSSR count). The summed E-state index contributed by atoms with van der Waals surface area (Å²) >= 11 is 5.86. The van der Waals surface area contributed by atoms with Crippen LogP contribution in [0.25, 0.3) is 6.08 Å². The molecule has 3 aromatic rings. The zero-order valence-corrected chi connectivity index (χ0v) is 19.7. The number of nitro groups is 1. The summed E-state index contributed by atoms with van der Waals surface area (Å²) in [4.78, 5) is 27.2. The lowest BCUT2D eigenvalue weighted by molar-refractivity contribution is -0.384. The maximum atomic E-state index is 12.4. The van der Waals surface area contributed by atoms with E-state index >= 15 is 0 Å². The summed E-state index contributed by atoms with van der Waals surface area (Å²) in [6.07, 6.45) is 1.55. The van der Waals surface area contributed by atoms with Gasteiger partial charge in [-0.1, -0.05) is 41.9 Å². The third-order valence-corrected chi connectivity index (χ3v) is 5.55. The Morgan fingerprint density at radius 3 is 2.63 bits per heavy atom. The van der Waals surface area contributed by atoms with Gasteiger partial charge in [0.2, 0.25) is 5.90 Å². The van der Waals surface area contributed by atoms with E-state index in [1.807, 2.05) is 38.1 Å². The molecule has 0 N–H and O–H groups in total. The van der Waals surface area contributed by atoms with Crippen molar-refractivity contribution in [3.63, 3.8) is 0 Å². The van der Waals surface area contributed by atoms with Crippen molar-refractivity contribution >= 4 is 35.2 Å². The molecule has 178 valence electrons. The molecule has 1 aliphatic rings. The molecule has 35 heavy (non-hydrogen) atoms. The third kappa shape index (κ3) is 5.50. The van der Waals surface area contributed by atoms with Crippen LogP contribution in [0.4, 0.5) is 5.69 Å². The Kier molecular flexibility index (Phi) is 7.12. The van der Waals surface area contributed by atoms with Crippen LogP contribution in [0.1, 0.15) is 29.2 Å². The van der Waals surface area contributed by atoms with E-state index in [1.165, 1.54) is 18.2 Å². The molecule has 0 unspecified atom stereocenters. The number of aryl methyl sites for hydroxylation is 1. The number of carbonyl (C=O) groups excluding carboxylic acids is 1. The van der Waals surface area contributed by atoms with Crippen molar-refractivity contribution in [3.8, 4) is 11.5 Å². The fraction of sp³-hybridized carbons (Fsp3) is 0.154. The molecule has 3 aromatic carbocycles. The largest absolute Gasteiger partial charge is 0.490 e. The number of hydrogen-bond donors (Lipinski definition) is 0. The normalized spacial score (nSPS) is 14.0. The Labute approximate surface area is 206 Å². The number of aliphatic imine (C=N–C) groups is 1. The average molecular weight is 493 g/mol. The lowest BCUT2D eigenvalue weighted by Crippen LogP contribution is -2.06. The van der Waals surface area contributed by atoms with Gasteiger partial charge in [-0.2, -0.15) is 0 Å². The second kappa shape index (κ2) is 10.4. The molecule has 0 aliphatic carbocycles. The lowest BCUT2D eigenvalue weighted by atomic mass is 10.1. The molecule has 0 atom stereocenters. The topological polar surface area (TPSA) is 100 Å². The second-order valence-electron chi connectivity index (χ2n) is 7.61. The Hall–Kier alpha value is -4.17. The molecule has 0 aromatic heterocycles. The quantitative estimate of drug-likeness (QED) is 0.168. The summed E-state index contributed by atoms with van der Waals surface area (Å²) in [6.45, 7) is 4.71. The molecule has 1 heterocycles. The first kappa shape index (κ1) is 24.0. The molecule has 0 amide bonds. The van der Waals surface area contributed by atoms with Crippen LogP contribution in [0.5, 0.6) is 11.5 Å². The summed E-state index contributed by atoms with van der Waals surface area (Å²) in [5, 5.41) is 11.1. The van der Waals surface area contributed by atoms with Crippen molar-refractivity contribution in [2.45, 2.75) is 20.5 Å². The van der Waals surface area contributed by atoms with Crippen LogP contribution in [-0.2, 0) is 16.1 Å². The first-order valence-electron chi connectivity index (χ1n) is 10.8. The number of carbonyl (C=O) groups is 1. The Balaban J connectivity index is 1.59. The Morgan fingerprint density at radius 2 is 1.89 bits per heavy atom. The van der Waals surface area contributed by atoms with E-state index in [2.05, 4.69) is 4.99 Å². The summed E-state index contributed by atoms with van der Waals surface area (Å²) < 4.78 is 17.0. The average Bonchev–Trinajstić information content (AvgIpc) is 3.20. The van der Waals surface area contributed by atoms with E-state index in [-0.39, 0.29) is 27.9 Å². The smallest absolute Gasteiger partial charge is 0.363 e. The summed E-state index contributed by atoms with van der Waals surface area (Å²) in [7, 11) is 0. The van der Waals surface area contributed by atoms with Gasteiger partial charge < -0.3 is 14.2 Å². The molecule has 0 bridgehead atoms. The van der Waals surface area contributed by atoms with E-state index in [9.17, 15) is 14.9 Å². The fourth-order valence-electron chi connectivity index (χ4n) is 3.41. The first-order chi connectivity index (χ1) is 16.9. The Morgan fingerprint density at radius 1 is 1.09 bits per heavy atom. The summed E-state index contributed by atoms with van der Waals surface area (Å²) in [5.41, 5.74) is 2.87. The zero-order valence-electron chi connectivity index (χ0n) is 19.0. The minimum atomic E-state index is -0.671. The highest BCUT2D eigenvalue weighted by Crippen LogP contribution is 2.32. The summed E-state index contributed by atoms with van der Waals surface area (Å²) in [5.74, 6) is 0.392. The van der Waals surface area contributed by atoms with Gasteiger partial charge in [0.25, 0.3) is 5.69 Å². The third-order valence-electron chi connectivity index (χ3n) is 5.23. The maximum Gasteiger partial charge on any atom is 0.363 e. The van der Waals surface area contributed by atoms with E-state index in [0.29, 0.717) is 30.3 Å². The van der Waals surface area contributed by atoms with Crippen molar-refractivity contribution < 1.29 is 23.9 Å². The second-order valence-corrected chi connectivity index (χ2v) is 8.02. The van der Waals surface area contributed by atoms with Crippen molar-refractivity contribution in [2.24, 2.45) is 4.99 Å². The van der Waals surface area contributed by atoms with Gasteiger partial charge in [-0.05, 0) is 60.9 Å². The number of nitro benzene ring substituents is 1. The number of nitrogens with zero attached hydrogens (tertiary/aromatic N) is 2. The molecular formula is C26H21ClN2O6. The minimum absolute atomic E-state index is 0.0207. The van der Waals surface area contributed by atoms with Crippen molar-refractivity contribution in [2.75, 3.05) is 6.61 Å². The van der Waals surface area contributed by atoms with Crippen LogP contribution in [0, 0.1) is 17.0 Å². The highest BCUT2D eigenvalue weighted by atomic mass is 35.5. The van der Waals surface area contributed by atoms with E-state index in [0.717, 1.165) is 11.1 Å². The van der Waals surface area contributed by atoms with Crippen molar-refractivity contribution in [1.82, 2.24) is 0 Å². The molecule has 0 saturated carbocycles. The molecule has 0 spiro atoms. The first-order valence-corrected chi connectivity index (χ1v) is 11.1. The van der Waals surface area contributed by atoms with Gasteiger partial charge in [0, 0.05) is 11.6 Å². The number of esters is 1. The number of benzene rings is 3. The van der Waals surface area contributed by atoms with Crippen molar-refractivity contribution in [3.05, 3.63) is 104 Å². The number of hydrogen-bond acceptors (Lipinski definition) is 7. The maximum absolute atomic E-state index is 12.4. The predicted molar refractivity (Wildman–Crippen MR) is 132 cm³/mol. The van der Waals surface area contributed by atoms with E-state index < -0.39 is 10.9 Å².